The van der Waals surface area contributed by atoms with Crippen molar-refractivity contribution >= 4 is 16.8 Å². The number of nitrogens with one attached hydrogen (secondary N) is 1. The van der Waals surface area contributed by atoms with Gasteiger partial charge in [0.25, 0.3) is 5.56 Å². The molecule has 0 bridgehead atoms. The van der Waals surface area contributed by atoms with Gasteiger partial charge in [-0.2, -0.15) is 0 Å². The zero-order valence-electron chi connectivity index (χ0n) is 13.0. The predicted molar refractivity (Wildman–Crippen MR) is 84.8 cm³/mol. The van der Waals surface area contributed by atoms with Gasteiger partial charge in [0.1, 0.15) is 5.82 Å². The molecule has 23 heavy (non-hydrogen) atoms. The van der Waals surface area contributed by atoms with Gasteiger partial charge >= 0.3 is 0 Å². The molecule has 1 aliphatic heterocycles. The van der Waals surface area contributed by atoms with E-state index in [0.717, 1.165) is 5.39 Å². The lowest BCUT2D eigenvalue weighted by Crippen LogP contribution is -2.44. The third-order valence-corrected chi connectivity index (χ3v) is 4.09. The van der Waals surface area contributed by atoms with Crippen LogP contribution in [0, 0.1) is 5.82 Å². The van der Waals surface area contributed by atoms with E-state index in [1.165, 1.54) is 12.1 Å². The van der Waals surface area contributed by atoms with Crippen molar-refractivity contribution in [1.82, 2.24) is 9.88 Å². The number of halogens is 1. The average molecular weight is 318 g/mol. The molecule has 2 aromatic rings. The molecular formula is C17H19FN2O3. The van der Waals surface area contributed by atoms with Gasteiger partial charge in [-0.1, -0.05) is 0 Å². The minimum Gasteiger partial charge on any atom is -0.375 e. The molecular weight excluding hydrogens is 299 g/mol. The van der Waals surface area contributed by atoms with Crippen LogP contribution in [0.4, 0.5) is 4.39 Å². The Morgan fingerprint density at radius 2 is 2.26 bits per heavy atom. The molecule has 1 aromatic carbocycles. The lowest BCUT2D eigenvalue weighted by atomic mass is 10.1. The highest BCUT2D eigenvalue weighted by molar-refractivity contribution is 5.79. The zero-order chi connectivity index (χ0) is 16.4. The van der Waals surface area contributed by atoms with E-state index in [2.05, 4.69) is 4.98 Å². The number of rotatable bonds is 3. The second-order valence-electron chi connectivity index (χ2n) is 5.88. The number of amides is 1. The lowest BCUT2D eigenvalue weighted by Gasteiger charge is -2.31. The number of nitrogens with zero attached hydrogens (tertiary/aromatic N) is 1. The van der Waals surface area contributed by atoms with Crippen LogP contribution in [-0.2, 0) is 16.0 Å². The van der Waals surface area contributed by atoms with E-state index in [9.17, 15) is 14.0 Å². The fraction of sp³-hybridized carbons (Fsp3) is 0.412. The highest BCUT2D eigenvalue weighted by Crippen LogP contribution is 2.14. The maximum atomic E-state index is 13.2. The van der Waals surface area contributed by atoms with Crippen LogP contribution in [0.2, 0.25) is 0 Å². The number of aryl methyl sites for hydroxylation is 1. The van der Waals surface area contributed by atoms with Gasteiger partial charge in [-0.3, -0.25) is 9.59 Å². The number of pyridine rings is 1. The predicted octanol–water partition coefficient (Wildman–Crippen LogP) is 1.85. The van der Waals surface area contributed by atoms with Crippen LogP contribution in [0.1, 0.15) is 18.9 Å². The number of carbonyl (C=O) groups is 1. The SMILES string of the molecule is CC1CN(C(=O)CCc2cc3ccc(F)cc3[nH]c2=O)CCO1. The largest absolute Gasteiger partial charge is 0.375 e. The van der Waals surface area contributed by atoms with E-state index >= 15 is 0 Å². The van der Waals surface area contributed by atoms with Crippen molar-refractivity contribution in [2.75, 3.05) is 19.7 Å². The van der Waals surface area contributed by atoms with Crippen LogP contribution in [0.5, 0.6) is 0 Å². The lowest BCUT2D eigenvalue weighted by molar-refractivity contribution is -0.138. The van der Waals surface area contributed by atoms with Gasteiger partial charge in [0.15, 0.2) is 0 Å². The molecule has 1 unspecified atom stereocenters. The second-order valence-corrected chi connectivity index (χ2v) is 5.88. The number of morpholine rings is 1. The molecule has 1 aliphatic rings. The highest BCUT2D eigenvalue weighted by atomic mass is 19.1. The first-order chi connectivity index (χ1) is 11.0. The standard InChI is InChI=1S/C17H19FN2O3/c1-11-10-20(6-7-23-11)16(21)5-3-13-8-12-2-4-14(18)9-15(12)19-17(13)22/h2,4,8-9,11H,3,5-7,10H2,1H3,(H,19,22). The Morgan fingerprint density at radius 1 is 1.43 bits per heavy atom. The van der Waals surface area contributed by atoms with E-state index < -0.39 is 5.82 Å². The van der Waals surface area contributed by atoms with Gasteiger partial charge in [-0.15, -0.1) is 0 Å². The molecule has 5 nitrogen and oxygen atoms in total. The summed E-state index contributed by atoms with van der Waals surface area (Å²) in [4.78, 5) is 28.8. The Hall–Kier alpha value is -2.21. The fourth-order valence-corrected chi connectivity index (χ4v) is 2.85. The average Bonchev–Trinajstić information content (AvgIpc) is 2.52. The van der Waals surface area contributed by atoms with E-state index in [0.29, 0.717) is 37.2 Å². The van der Waals surface area contributed by atoms with Gasteiger partial charge in [0.2, 0.25) is 5.91 Å². The van der Waals surface area contributed by atoms with E-state index in [-0.39, 0.29) is 24.0 Å². The van der Waals surface area contributed by atoms with E-state index in [4.69, 9.17) is 4.74 Å². The summed E-state index contributed by atoms with van der Waals surface area (Å²) in [6, 6.07) is 5.99. The van der Waals surface area contributed by atoms with Gasteiger partial charge in [0.05, 0.1) is 18.2 Å². The monoisotopic (exact) mass is 318 g/mol. The number of benzene rings is 1. The Kier molecular flexibility index (Phi) is 4.43. The van der Waals surface area contributed by atoms with Crippen LogP contribution < -0.4 is 5.56 Å². The van der Waals surface area contributed by atoms with Crippen molar-refractivity contribution in [1.29, 1.82) is 0 Å². The molecule has 0 aliphatic carbocycles. The fourth-order valence-electron chi connectivity index (χ4n) is 2.85. The Bertz CT molecular complexity index is 787. The molecule has 1 atom stereocenters. The number of aromatic nitrogens is 1. The summed E-state index contributed by atoms with van der Waals surface area (Å²) in [5.41, 5.74) is 0.733. The number of fused-ring (bicyclic) bond motifs is 1. The number of H-pyrrole nitrogens is 1. The normalized spacial score (nSPS) is 18.3. The molecule has 2 heterocycles. The number of carbonyl (C=O) groups excluding carboxylic acids is 1. The van der Waals surface area contributed by atoms with Crippen molar-refractivity contribution in [2.24, 2.45) is 0 Å². The quantitative estimate of drug-likeness (QED) is 0.939. The van der Waals surface area contributed by atoms with Crippen molar-refractivity contribution in [2.45, 2.75) is 25.9 Å². The van der Waals surface area contributed by atoms with Crippen LogP contribution in [0.15, 0.2) is 29.1 Å². The maximum Gasteiger partial charge on any atom is 0.251 e. The third-order valence-electron chi connectivity index (χ3n) is 4.09. The molecule has 0 radical (unpaired) electrons. The molecule has 3 rings (SSSR count). The number of aromatic amines is 1. The van der Waals surface area contributed by atoms with Crippen molar-refractivity contribution in [3.63, 3.8) is 0 Å². The first kappa shape index (κ1) is 15.7. The first-order valence-electron chi connectivity index (χ1n) is 7.74. The Labute approximate surface area is 133 Å². The minimum absolute atomic E-state index is 0.0266. The summed E-state index contributed by atoms with van der Waals surface area (Å²) in [6.07, 6.45) is 0.696. The Balaban J connectivity index is 1.71. The zero-order valence-corrected chi connectivity index (χ0v) is 13.0. The summed E-state index contributed by atoms with van der Waals surface area (Å²) >= 11 is 0. The van der Waals surface area contributed by atoms with Gasteiger partial charge < -0.3 is 14.6 Å². The molecule has 1 amide bonds. The first-order valence-corrected chi connectivity index (χ1v) is 7.74. The van der Waals surface area contributed by atoms with Crippen molar-refractivity contribution < 1.29 is 13.9 Å². The smallest absolute Gasteiger partial charge is 0.251 e. The van der Waals surface area contributed by atoms with Crippen LogP contribution in [0.25, 0.3) is 10.9 Å². The Morgan fingerprint density at radius 3 is 3.04 bits per heavy atom. The summed E-state index contributed by atoms with van der Waals surface area (Å²) < 4.78 is 18.6. The van der Waals surface area contributed by atoms with Crippen LogP contribution in [-0.4, -0.2) is 41.6 Å². The molecule has 1 fully saturated rings. The summed E-state index contributed by atoms with van der Waals surface area (Å²) in [6.45, 7) is 3.67. The van der Waals surface area contributed by atoms with E-state index in [1.807, 2.05) is 6.92 Å². The summed E-state index contributed by atoms with van der Waals surface area (Å²) in [7, 11) is 0. The number of hydrogen-bond acceptors (Lipinski definition) is 3. The molecule has 1 aromatic heterocycles. The van der Waals surface area contributed by atoms with Gasteiger partial charge in [-0.25, -0.2) is 4.39 Å². The van der Waals surface area contributed by atoms with Gasteiger partial charge in [0, 0.05) is 25.1 Å². The maximum absolute atomic E-state index is 13.2. The number of hydrogen-bond donors (Lipinski definition) is 1. The topological polar surface area (TPSA) is 62.4 Å². The molecule has 0 saturated carbocycles. The van der Waals surface area contributed by atoms with Crippen molar-refractivity contribution in [3.8, 4) is 0 Å². The van der Waals surface area contributed by atoms with Crippen molar-refractivity contribution in [3.05, 3.63) is 46.0 Å². The molecule has 122 valence electrons. The summed E-state index contributed by atoms with van der Waals surface area (Å²) in [5.74, 6) is -0.365. The molecule has 1 N–H and O–H groups in total. The van der Waals surface area contributed by atoms with Crippen LogP contribution >= 0.6 is 0 Å². The minimum atomic E-state index is -0.391. The number of ether oxygens (including phenoxy) is 1. The van der Waals surface area contributed by atoms with Gasteiger partial charge in [-0.05, 0) is 43.0 Å². The summed E-state index contributed by atoms with van der Waals surface area (Å²) in [5, 5.41) is 0.758. The molecule has 1 saturated heterocycles. The molecule has 6 heteroatoms. The van der Waals surface area contributed by atoms with E-state index in [1.54, 1.807) is 17.0 Å². The second kappa shape index (κ2) is 6.50. The third kappa shape index (κ3) is 3.59. The highest BCUT2D eigenvalue weighted by Gasteiger charge is 2.21. The van der Waals surface area contributed by atoms with Crippen LogP contribution in [0.3, 0.4) is 0 Å². The molecule has 0 spiro atoms.